The predicted octanol–water partition coefficient (Wildman–Crippen LogP) is 3.41. The quantitative estimate of drug-likeness (QED) is 0.642. The Bertz CT molecular complexity index is 282. The average Bonchev–Trinajstić information content (AvgIpc) is 2.43. The highest BCUT2D eigenvalue weighted by molar-refractivity contribution is 5.14. The third-order valence-corrected chi connectivity index (χ3v) is 3.34. The minimum Gasteiger partial charge on any atom is -0.381 e. The Morgan fingerprint density at radius 3 is 2.50 bits per heavy atom. The van der Waals surface area contributed by atoms with Crippen LogP contribution in [-0.4, -0.2) is 26.3 Å². The Balaban J connectivity index is 1.93. The molecule has 0 amide bonds. The van der Waals surface area contributed by atoms with Crippen molar-refractivity contribution in [2.75, 3.05) is 20.3 Å². The van der Waals surface area contributed by atoms with E-state index in [1.165, 1.54) is 18.4 Å². The van der Waals surface area contributed by atoms with Gasteiger partial charge in [-0.3, -0.25) is 0 Å². The zero-order valence-electron chi connectivity index (χ0n) is 11.8. The topological polar surface area (TPSA) is 21.3 Å². The molecule has 0 aliphatic carbocycles. The standard InChI is InChI=1S/C16H27NO/c1-3-16(17-2)12-8-14-18-13-7-11-15-9-5-4-6-10-15/h4-6,9-10,16-17H,3,7-8,11-14H2,1-2H3. The average molecular weight is 249 g/mol. The van der Waals surface area contributed by atoms with Crippen molar-refractivity contribution in [2.45, 2.75) is 45.1 Å². The second kappa shape index (κ2) is 10.1. The summed E-state index contributed by atoms with van der Waals surface area (Å²) in [7, 11) is 2.04. The number of ether oxygens (including phenoxy) is 1. The Kier molecular flexibility index (Phi) is 8.53. The molecule has 2 nitrogen and oxygen atoms in total. The van der Waals surface area contributed by atoms with Crippen molar-refractivity contribution in [1.82, 2.24) is 5.32 Å². The zero-order chi connectivity index (χ0) is 13.1. The van der Waals surface area contributed by atoms with E-state index in [9.17, 15) is 0 Å². The number of hydrogen-bond acceptors (Lipinski definition) is 2. The highest BCUT2D eigenvalue weighted by Gasteiger charge is 2.01. The van der Waals surface area contributed by atoms with Crippen molar-refractivity contribution in [3.63, 3.8) is 0 Å². The van der Waals surface area contributed by atoms with E-state index in [4.69, 9.17) is 4.74 Å². The summed E-state index contributed by atoms with van der Waals surface area (Å²) in [6, 6.07) is 11.3. The zero-order valence-corrected chi connectivity index (χ0v) is 11.8. The SMILES string of the molecule is CCC(CCCOCCCc1ccccc1)NC. The lowest BCUT2D eigenvalue weighted by Crippen LogP contribution is -2.24. The number of nitrogens with one attached hydrogen (secondary N) is 1. The first-order chi connectivity index (χ1) is 8.86. The number of hydrogen-bond donors (Lipinski definition) is 1. The van der Waals surface area contributed by atoms with Crippen LogP contribution >= 0.6 is 0 Å². The van der Waals surface area contributed by atoms with Gasteiger partial charge in [0.15, 0.2) is 0 Å². The Labute approximate surface area is 112 Å². The molecule has 0 bridgehead atoms. The van der Waals surface area contributed by atoms with E-state index < -0.39 is 0 Å². The van der Waals surface area contributed by atoms with Crippen LogP contribution in [0.3, 0.4) is 0 Å². The minimum absolute atomic E-state index is 0.651. The van der Waals surface area contributed by atoms with Gasteiger partial charge in [0.2, 0.25) is 0 Å². The summed E-state index contributed by atoms with van der Waals surface area (Å²) in [5.41, 5.74) is 1.40. The van der Waals surface area contributed by atoms with E-state index in [2.05, 4.69) is 42.6 Å². The summed E-state index contributed by atoms with van der Waals surface area (Å²) >= 11 is 0. The summed E-state index contributed by atoms with van der Waals surface area (Å²) in [6.45, 7) is 4.00. The van der Waals surface area contributed by atoms with E-state index in [1.807, 2.05) is 7.05 Å². The molecule has 102 valence electrons. The molecular weight excluding hydrogens is 222 g/mol. The summed E-state index contributed by atoms with van der Waals surface area (Å²) < 4.78 is 5.67. The van der Waals surface area contributed by atoms with Crippen LogP contribution in [-0.2, 0) is 11.2 Å². The summed E-state index contributed by atoms with van der Waals surface area (Å²) in [5, 5.41) is 3.32. The molecule has 1 aromatic rings. The molecule has 18 heavy (non-hydrogen) atoms. The van der Waals surface area contributed by atoms with Gasteiger partial charge in [0.05, 0.1) is 0 Å². The van der Waals surface area contributed by atoms with Crippen LogP contribution in [0.1, 0.15) is 38.2 Å². The van der Waals surface area contributed by atoms with Gasteiger partial charge in [0.25, 0.3) is 0 Å². The monoisotopic (exact) mass is 249 g/mol. The van der Waals surface area contributed by atoms with Crippen molar-refractivity contribution in [3.05, 3.63) is 35.9 Å². The highest BCUT2D eigenvalue weighted by Crippen LogP contribution is 2.04. The van der Waals surface area contributed by atoms with Crippen molar-refractivity contribution in [1.29, 1.82) is 0 Å². The maximum atomic E-state index is 5.67. The number of aryl methyl sites for hydroxylation is 1. The van der Waals surface area contributed by atoms with Crippen molar-refractivity contribution < 1.29 is 4.74 Å². The summed E-state index contributed by atoms with van der Waals surface area (Å²) in [4.78, 5) is 0. The van der Waals surface area contributed by atoms with E-state index >= 15 is 0 Å². The molecule has 0 aliphatic rings. The maximum absolute atomic E-state index is 5.67. The Morgan fingerprint density at radius 2 is 1.83 bits per heavy atom. The number of benzene rings is 1. The van der Waals surface area contributed by atoms with Crippen LogP contribution in [0.25, 0.3) is 0 Å². The molecule has 0 spiro atoms. The largest absolute Gasteiger partial charge is 0.381 e. The lowest BCUT2D eigenvalue weighted by molar-refractivity contribution is 0.126. The van der Waals surface area contributed by atoms with Crippen LogP contribution in [0, 0.1) is 0 Å². The molecule has 2 heteroatoms. The van der Waals surface area contributed by atoms with Crippen LogP contribution < -0.4 is 5.32 Å². The summed E-state index contributed by atoms with van der Waals surface area (Å²) in [6.07, 6.45) is 5.81. The van der Waals surface area contributed by atoms with Crippen LogP contribution in [0.2, 0.25) is 0 Å². The number of rotatable bonds is 10. The molecule has 1 rings (SSSR count). The van der Waals surface area contributed by atoms with Gasteiger partial charge in [0.1, 0.15) is 0 Å². The Morgan fingerprint density at radius 1 is 1.11 bits per heavy atom. The third-order valence-electron chi connectivity index (χ3n) is 3.34. The molecule has 0 heterocycles. The lowest BCUT2D eigenvalue weighted by atomic mass is 10.1. The molecule has 0 radical (unpaired) electrons. The van der Waals surface area contributed by atoms with Gasteiger partial charge in [-0.1, -0.05) is 37.3 Å². The van der Waals surface area contributed by atoms with Crippen LogP contribution in [0.5, 0.6) is 0 Å². The van der Waals surface area contributed by atoms with Gasteiger partial charge in [-0.05, 0) is 44.7 Å². The fourth-order valence-corrected chi connectivity index (χ4v) is 2.11. The molecule has 0 aromatic heterocycles. The highest BCUT2D eigenvalue weighted by atomic mass is 16.5. The first-order valence-corrected chi connectivity index (χ1v) is 7.15. The molecule has 1 aromatic carbocycles. The van der Waals surface area contributed by atoms with Gasteiger partial charge in [-0.25, -0.2) is 0 Å². The fourth-order valence-electron chi connectivity index (χ4n) is 2.11. The third kappa shape index (κ3) is 6.77. The smallest absolute Gasteiger partial charge is 0.0469 e. The van der Waals surface area contributed by atoms with E-state index in [-0.39, 0.29) is 0 Å². The van der Waals surface area contributed by atoms with Crippen LogP contribution in [0.15, 0.2) is 30.3 Å². The normalized spacial score (nSPS) is 12.6. The van der Waals surface area contributed by atoms with E-state index in [0.717, 1.165) is 32.5 Å². The minimum atomic E-state index is 0.651. The van der Waals surface area contributed by atoms with Gasteiger partial charge in [-0.2, -0.15) is 0 Å². The molecule has 0 saturated carbocycles. The van der Waals surface area contributed by atoms with Gasteiger partial charge < -0.3 is 10.1 Å². The second-order valence-corrected chi connectivity index (χ2v) is 4.74. The second-order valence-electron chi connectivity index (χ2n) is 4.74. The van der Waals surface area contributed by atoms with Crippen molar-refractivity contribution in [3.8, 4) is 0 Å². The first kappa shape index (κ1) is 15.2. The molecule has 0 saturated heterocycles. The fraction of sp³-hybridized carbons (Fsp3) is 0.625. The Hall–Kier alpha value is -0.860. The summed E-state index contributed by atoms with van der Waals surface area (Å²) in [5.74, 6) is 0. The molecule has 0 fully saturated rings. The molecule has 1 unspecified atom stereocenters. The molecule has 0 aliphatic heterocycles. The van der Waals surface area contributed by atoms with Crippen LogP contribution in [0.4, 0.5) is 0 Å². The van der Waals surface area contributed by atoms with Gasteiger partial charge in [0, 0.05) is 19.3 Å². The molecular formula is C16H27NO. The van der Waals surface area contributed by atoms with Crippen molar-refractivity contribution >= 4 is 0 Å². The first-order valence-electron chi connectivity index (χ1n) is 7.15. The van der Waals surface area contributed by atoms with Crippen molar-refractivity contribution in [2.24, 2.45) is 0 Å². The van der Waals surface area contributed by atoms with E-state index in [1.54, 1.807) is 0 Å². The maximum Gasteiger partial charge on any atom is 0.0469 e. The van der Waals surface area contributed by atoms with Gasteiger partial charge >= 0.3 is 0 Å². The molecule has 1 atom stereocenters. The molecule has 1 N–H and O–H groups in total. The van der Waals surface area contributed by atoms with Gasteiger partial charge in [-0.15, -0.1) is 0 Å². The lowest BCUT2D eigenvalue weighted by Gasteiger charge is -2.13. The van der Waals surface area contributed by atoms with E-state index in [0.29, 0.717) is 6.04 Å². The predicted molar refractivity (Wildman–Crippen MR) is 78.0 cm³/mol.